The van der Waals surface area contributed by atoms with Crippen molar-refractivity contribution in [3.63, 3.8) is 0 Å². The summed E-state index contributed by atoms with van der Waals surface area (Å²) in [6.45, 7) is -0.658. The number of aromatic nitrogens is 4. The Bertz CT molecular complexity index is 1950. The van der Waals surface area contributed by atoms with Gasteiger partial charge in [0, 0.05) is 29.6 Å². The second kappa shape index (κ2) is 9.65. The molecule has 0 saturated heterocycles. The molecule has 43 heavy (non-hydrogen) atoms. The summed E-state index contributed by atoms with van der Waals surface area (Å²) in [5, 5.41) is 4.19. The maximum absolute atomic E-state index is 13.5. The number of imidazole rings is 1. The lowest BCUT2D eigenvalue weighted by atomic mass is 10.1. The summed E-state index contributed by atoms with van der Waals surface area (Å²) in [6.07, 6.45) is -6.06. The Morgan fingerprint density at radius 1 is 1.16 bits per heavy atom. The molecule has 18 heteroatoms. The van der Waals surface area contributed by atoms with Crippen LogP contribution in [0.5, 0.6) is 17.2 Å². The minimum atomic E-state index is -5.23. The summed E-state index contributed by atoms with van der Waals surface area (Å²) in [7, 11) is -4.15. The smallest absolute Gasteiger partial charge is 0.404 e. The molecule has 1 aliphatic heterocycles. The molecule has 2 aliphatic rings. The number of hydrogen-bond donors (Lipinski definition) is 1. The number of aromatic amines is 1. The molecule has 1 amide bonds. The van der Waals surface area contributed by atoms with Gasteiger partial charge in [0.1, 0.15) is 33.9 Å². The summed E-state index contributed by atoms with van der Waals surface area (Å²) in [4.78, 5) is 33.9. The van der Waals surface area contributed by atoms with Crippen LogP contribution in [0.4, 0.5) is 27.6 Å². The number of ether oxygens (including phenoxy) is 3. The average molecular weight is 628 g/mol. The number of fused-ring (bicyclic) bond motifs is 2. The number of benzene rings is 2. The van der Waals surface area contributed by atoms with Crippen LogP contribution in [0.1, 0.15) is 12.8 Å². The Morgan fingerprint density at radius 2 is 1.88 bits per heavy atom. The number of hydrogen-bond acceptors (Lipinski definition) is 9. The highest BCUT2D eigenvalue weighted by Crippen LogP contribution is 2.44. The number of anilines is 1. The molecule has 1 aliphatic carbocycles. The van der Waals surface area contributed by atoms with Gasteiger partial charge in [-0.15, -0.1) is 22.0 Å². The number of amides is 1. The maximum atomic E-state index is 13.5. The van der Waals surface area contributed by atoms with E-state index in [2.05, 4.69) is 29.3 Å². The van der Waals surface area contributed by atoms with Crippen LogP contribution in [0.3, 0.4) is 0 Å². The predicted molar refractivity (Wildman–Crippen MR) is 137 cm³/mol. The number of rotatable bonds is 7. The molecule has 1 N–H and O–H groups in total. The minimum Gasteiger partial charge on any atom is -0.404 e. The van der Waals surface area contributed by atoms with Crippen molar-refractivity contribution in [3.05, 3.63) is 53.1 Å². The molecule has 0 spiro atoms. The third-order valence-electron chi connectivity index (χ3n) is 6.50. The van der Waals surface area contributed by atoms with Crippen LogP contribution in [-0.4, -0.2) is 59.0 Å². The van der Waals surface area contributed by atoms with Gasteiger partial charge in [0.2, 0.25) is 5.91 Å². The lowest BCUT2D eigenvalue weighted by Gasteiger charge is -2.23. The van der Waals surface area contributed by atoms with Crippen LogP contribution in [-0.2, 0) is 21.2 Å². The molecule has 6 rings (SSSR count). The van der Waals surface area contributed by atoms with E-state index >= 15 is 0 Å². The first-order valence-electron chi connectivity index (χ1n) is 12.4. The maximum Gasteiger partial charge on any atom is 0.586 e. The molecule has 0 atom stereocenters. The number of sulfone groups is 1. The normalized spacial score (nSPS) is 16.0. The number of alkyl halides is 5. The number of halogens is 5. The summed E-state index contributed by atoms with van der Waals surface area (Å²) >= 11 is 0. The monoisotopic (exact) mass is 627 g/mol. The summed E-state index contributed by atoms with van der Waals surface area (Å²) in [5.41, 5.74) is -1.03. The molecule has 1 fully saturated rings. The highest BCUT2D eigenvalue weighted by atomic mass is 32.2. The van der Waals surface area contributed by atoms with Gasteiger partial charge in [-0.05, 0) is 37.1 Å². The van der Waals surface area contributed by atoms with Gasteiger partial charge in [-0.25, -0.2) is 18.1 Å². The first-order valence-corrected chi connectivity index (χ1v) is 14.3. The van der Waals surface area contributed by atoms with Crippen molar-refractivity contribution in [1.29, 1.82) is 0 Å². The summed E-state index contributed by atoms with van der Waals surface area (Å²) in [6, 6.07) is 6.34. The molecule has 1 saturated carbocycles. The van der Waals surface area contributed by atoms with Crippen LogP contribution in [0.15, 0.2) is 52.4 Å². The van der Waals surface area contributed by atoms with Crippen LogP contribution >= 0.6 is 0 Å². The zero-order chi connectivity index (χ0) is 30.9. The molecule has 0 bridgehead atoms. The van der Waals surface area contributed by atoms with E-state index in [0.29, 0.717) is 19.1 Å². The first kappa shape index (κ1) is 28.4. The van der Waals surface area contributed by atoms with Crippen LogP contribution in [0, 0.1) is 0 Å². The van der Waals surface area contributed by atoms with Gasteiger partial charge < -0.3 is 24.1 Å². The number of carbonyl (C=O) groups excluding carboxylic acids is 1. The number of carbonyl (C=O) groups is 1. The molecular formula is C25H18F5N5O7S. The van der Waals surface area contributed by atoms with Crippen molar-refractivity contribution < 1.29 is 49.4 Å². The van der Waals surface area contributed by atoms with Gasteiger partial charge in [0.25, 0.3) is 5.56 Å². The quantitative estimate of drug-likeness (QED) is 0.304. The Kier molecular flexibility index (Phi) is 6.37. The van der Waals surface area contributed by atoms with Gasteiger partial charge in [-0.3, -0.25) is 9.59 Å². The van der Waals surface area contributed by atoms with Crippen molar-refractivity contribution in [2.75, 3.05) is 11.2 Å². The van der Waals surface area contributed by atoms with Crippen molar-refractivity contribution in [1.82, 2.24) is 19.7 Å². The van der Waals surface area contributed by atoms with Gasteiger partial charge in [0.15, 0.2) is 21.3 Å². The summed E-state index contributed by atoms with van der Waals surface area (Å²) in [5.74, 6) is -2.19. The molecular weight excluding hydrogens is 609 g/mol. The predicted octanol–water partition coefficient (Wildman–Crippen LogP) is 3.61. The summed E-state index contributed by atoms with van der Waals surface area (Å²) < 4.78 is 104. The van der Waals surface area contributed by atoms with E-state index in [4.69, 9.17) is 0 Å². The highest BCUT2D eigenvalue weighted by molar-refractivity contribution is 7.90. The molecule has 0 unspecified atom stereocenters. The largest absolute Gasteiger partial charge is 0.586 e. The number of nitrogens with zero attached hydrogens (tertiary/aromatic N) is 4. The van der Waals surface area contributed by atoms with Crippen molar-refractivity contribution in [2.24, 2.45) is 0 Å². The molecule has 2 aromatic carbocycles. The number of H-pyrrole nitrogens is 1. The molecule has 2 aromatic heterocycles. The Hall–Kier alpha value is -4.74. The van der Waals surface area contributed by atoms with Gasteiger partial charge in [-0.2, -0.15) is 5.10 Å². The fourth-order valence-corrected chi connectivity index (χ4v) is 5.41. The minimum absolute atomic E-state index is 0.0606. The Labute approximate surface area is 237 Å². The topological polar surface area (TPSA) is 146 Å². The van der Waals surface area contributed by atoms with Crippen LogP contribution in [0.2, 0.25) is 0 Å². The molecule has 12 nitrogen and oxygen atoms in total. The molecule has 3 heterocycles. The Balaban J connectivity index is 1.39. The van der Waals surface area contributed by atoms with E-state index in [1.807, 2.05) is 0 Å². The second-order valence-corrected chi connectivity index (χ2v) is 11.7. The fraction of sp³-hybridized carbons (Fsp3) is 0.280. The SMILES string of the molecule is CS(=O)(=O)c1ccc(-c2nn(CC(=O)N(c3ccc4c(c3)OC(F)(F)O4)C3CC3)c(=O)c3[nH]cnc23)cc1OC(F)(F)F. The van der Waals surface area contributed by atoms with Gasteiger partial charge in [-0.1, -0.05) is 6.07 Å². The Morgan fingerprint density at radius 3 is 2.56 bits per heavy atom. The van der Waals surface area contributed by atoms with Crippen LogP contribution < -0.4 is 24.7 Å². The zero-order valence-electron chi connectivity index (χ0n) is 21.7. The average Bonchev–Trinajstić information content (AvgIpc) is 3.48. The van der Waals surface area contributed by atoms with E-state index < -0.39 is 51.2 Å². The van der Waals surface area contributed by atoms with E-state index in [9.17, 15) is 40.0 Å². The highest BCUT2D eigenvalue weighted by Gasteiger charge is 2.44. The molecule has 4 aromatic rings. The third kappa shape index (κ3) is 5.56. The molecule has 0 radical (unpaired) electrons. The van der Waals surface area contributed by atoms with Crippen LogP contribution in [0.25, 0.3) is 22.3 Å². The number of nitrogens with one attached hydrogen (secondary N) is 1. The third-order valence-corrected chi connectivity index (χ3v) is 7.64. The van der Waals surface area contributed by atoms with E-state index in [-0.39, 0.29) is 45.5 Å². The lowest BCUT2D eigenvalue weighted by Crippen LogP contribution is -2.39. The van der Waals surface area contributed by atoms with Crippen molar-refractivity contribution >= 4 is 32.5 Å². The lowest BCUT2D eigenvalue weighted by molar-refractivity contribution is -0.286. The van der Waals surface area contributed by atoms with E-state index in [1.54, 1.807) is 0 Å². The zero-order valence-corrected chi connectivity index (χ0v) is 22.5. The van der Waals surface area contributed by atoms with E-state index in [0.717, 1.165) is 29.2 Å². The van der Waals surface area contributed by atoms with E-state index in [1.165, 1.54) is 23.1 Å². The first-order chi connectivity index (χ1) is 20.1. The fourth-order valence-electron chi connectivity index (χ4n) is 4.63. The van der Waals surface area contributed by atoms with Gasteiger partial charge >= 0.3 is 12.7 Å². The molecule has 226 valence electrons. The standard InChI is InChI=1S/C25H18F5N5O7S/c1-43(38,39)18-7-2-12(8-17(18)40-24(26,27)28)20-21-22(32-11-31-21)23(37)34(33-20)10-19(36)35(13-3-4-13)14-5-6-15-16(9-14)42-25(29,30)41-15/h2,5-9,11,13H,3-4,10H2,1H3,(H,31,32). The van der Waals surface area contributed by atoms with Crippen molar-refractivity contribution in [3.8, 4) is 28.5 Å². The second-order valence-electron chi connectivity index (χ2n) is 9.71. The van der Waals surface area contributed by atoms with Crippen molar-refractivity contribution in [2.45, 2.75) is 43.0 Å². The van der Waals surface area contributed by atoms with Gasteiger partial charge in [0.05, 0.1) is 6.33 Å².